The molecule has 0 aromatic heterocycles. The summed E-state index contributed by atoms with van der Waals surface area (Å²) in [6.45, 7) is 6.25. The summed E-state index contributed by atoms with van der Waals surface area (Å²) in [5.41, 5.74) is 1.15. The zero-order valence-corrected chi connectivity index (χ0v) is 15.0. The average Bonchev–Trinajstić information content (AvgIpc) is 2.93. The molecule has 1 fully saturated rings. The predicted molar refractivity (Wildman–Crippen MR) is 96.3 cm³/mol. The lowest BCUT2D eigenvalue weighted by Crippen LogP contribution is -2.35. The molecule has 2 rings (SSSR count). The monoisotopic (exact) mass is 330 g/mol. The van der Waals surface area contributed by atoms with Crippen LogP contribution in [0.3, 0.4) is 0 Å². The molecule has 2 amide bonds. The zero-order chi connectivity index (χ0) is 17.4. The molecule has 4 heteroatoms. The summed E-state index contributed by atoms with van der Waals surface area (Å²) in [6, 6.07) is 10.1. The third-order valence-electron chi connectivity index (χ3n) is 4.72. The first kappa shape index (κ1) is 18.5. The van der Waals surface area contributed by atoms with E-state index in [9.17, 15) is 9.59 Å². The molecule has 4 nitrogen and oxygen atoms in total. The van der Waals surface area contributed by atoms with Crippen LogP contribution in [0.15, 0.2) is 30.3 Å². The van der Waals surface area contributed by atoms with Crippen LogP contribution < -0.4 is 5.32 Å². The van der Waals surface area contributed by atoms with Crippen LogP contribution in [0.4, 0.5) is 0 Å². The Morgan fingerprint density at radius 3 is 2.50 bits per heavy atom. The van der Waals surface area contributed by atoms with Crippen LogP contribution in [0.2, 0.25) is 0 Å². The molecule has 1 unspecified atom stereocenters. The van der Waals surface area contributed by atoms with Crippen molar-refractivity contribution in [3.8, 4) is 0 Å². The Hall–Kier alpha value is -1.84. The second-order valence-corrected chi connectivity index (χ2v) is 6.85. The second kappa shape index (κ2) is 9.45. The smallest absolute Gasteiger partial charge is 0.223 e. The Morgan fingerprint density at radius 1 is 1.21 bits per heavy atom. The third-order valence-corrected chi connectivity index (χ3v) is 4.72. The maximum absolute atomic E-state index is 12.3. The van der Waals surface area contributed by atoms with Gasteiger partial charge in [-0.1, -0.05) is 57.0 Å². The Bertz CT molecular complexity index is 524. The van der Waals surface area contributed by atoms with Crippen molar-refractivity contribution in [3.63, 3.8) is 0 Å². The van der Waals surface area contributed by atoms with Crippen LogP contribution >= 0.6 is 0 Å². The molecule has 1 N–H and O–H groups in total. The van der Waals surface area contributed by atoms with Crippen LogP contribution in [0, 0.1) is 11.8 Å². The van der Waals surface area contributed by atoms with E-state index in [0.29, 0.717) is 19.5 Å². The van der Waals surface area contributed by atoms with Gasteiger partial charge in [-0.25, -0.2) is 0 Å². The topological polar surface area (TPSA) is 49.4 Å². The molecule has 0 aliphatic carbocycles. The van der Waals surface area contributed by atoms with Crippen molar-refractivity contribution < 1.29 is 9.59 Å². The molecule has 1 aliphatic heterocycles. The zero-order valence-electron chi connectivity index (χ0n) is 15.0. The minimum atomic E-state index is 0.123. The summed E-state index contributed by atoms with van der Waals surface area (Å²) in [4.78, 5) is 26.4. The van der Waals surface area contributed by atoms with Crippen molar-refractivity contribution in [1.82, 2.24) is 10.2 Å². The highest BCUT2D eigenvalue weighted by atomic mass is 16.2. The quantitative estimate of drug-likeness (QED) is 0.755. The SMILES string of the molecule is CCCC(CCC)C(=O)NCC1CC(=O)N(Cc2ccccc2)C1. The van der Waals surface area contributed by atoms with Crippen molar-refractivity contribution in [3.05, 3.63) is 35.9 Å². The minimum Gasteiger partial charge on any atom is -0.356 e. The van der Waals surface area contributed by atoms with E-state index in [-0.39, 0.29) is 23.7 Å². The normalized spacial score (nSPS) is 17.5. The predicted octanol–water partition coefficient (Wildman–Crippen LogP) is 3.37. The van der Waals surface area contributed by atoms with E-state index in [4.69, 9.17) is 0 Å². The van der Waals surface area contributed by atoms with E-state index < -0.39 is 0 Å². The van der Waals surface area contributed by atoms with Gasteiger partial charge in [0.25, 0.3) is 0 Å². The molecular weight excluding hydrogens is 300 g/mol. The summed E-state index contributed by atoms with van der Waals surface area (Å²) in [5.74, 6) is 0.705. The van der Waals surface area contributed by atoms with Crippen molar-refractivity contribution in [1.29, 1.82) is 0 Å². The number of hydrogen-bond donors (Lipinski definition) is 1. The second-order valence-electron chi connectivity index (χ2n) is 6.85. The number of likely N-dealkylation sites (tertiary alicyclic amines) is 1. The van der Waals surface area contributed by atoms with E-state index in [1.54, 1.807) is 0 Å². The van der Waals surface area contributed by atoms with E-state index in [2.05, 4.69) is 19.2 Å². The average molecular weight is 330 g/mol. The molecule has 0 spiro atoms. The number of carbonyl (C=O) groups excluding carboxylic acids is 2. The first-order valence-electron chi connectivity index (χ1n) is 9.23. The number of rotatable bonds is 9. The lowest BCUT2D eigenvalue weighted by Gasteiger charge is -2.18. The van der Waals surface area contributed by atoms with Crippen molar-refractivity contribution >= 4 is 11.8 Å². The summed E-state index contributed by atoms with van der Waals surface area (Å²) in [5, 5.41) is 3.08. The van der Waals surface area contributed by atoms with Gasteiger partial charge >= 0.3 is 0 Å². The molecule has 0 bridgehead atoms. The summed E-state index contributed by atoms with van der Waals surface area (Å²) >= 11 is 0. The standard InChI is InChI=1S/C20H30N2O2/c1-3-8-18(9-4-2)20(24)21-13-17-12-19(23)22(15-17)14-16-10-6-5-7-11-16/h5-7,10-11,17-18H,3-4,8-9,12-15H2,1-2H3,(H,21,24). The Labute approximate surface area is 145 Å². The number of nitrogens with zero attached hydrogens (tertiary/aromatic N) is 1. The van der Waals surface area contributed by atoms with Gasteiger partial charge in [-0.05, 0) is 18.4 Å². The van der Waals surface area contributed by atoms with Gasteiger partial charge in [-0.2, -0.15) is 0 Å². The molecule has 1 aliphatic rings. The number of nitrogens with one attached hydrogen (secondary N) is 1. The van der Waals surface area contributed by atoms with Crippen LogP contribution in [0.25, 0.3) is 0 Å². The maximum atomic E-state index is 12.3. The highest BCUT2D eigenvalue weighted by Crippen LogP contribution is 2.20. The minimum absolute atomic E-state index is 0.123. The molecule has 0 radical (unpaired) electrons. The van der Waals surface area contributed by atoms with Gasteiger partial charge in [-0.15, -0.1) is 0 Å². The van der Waals surface area contributed by atoms with Crippen molar-refractivity contribution in [2.45, 2.75) is 52.5 Å². The van der Waals surface area contributed by atoms with E-state index >= 15 is 0 Å². The fourth-order valence-corrected chi connectivity index (χ4v) is 3.44. The summed E-state index contributed by atoms with van der Waals surface area (Å²) < 4.78 is 0. The van der Waals surface area contributed by atoms with Gasteiger partial charge in [0.05, 0.1) is 0 Å². The third kappa shape index (κ3) is 5.36. The van der Waals surface area contributed by atoms with Gasteiger partial charge in [0.1, 0.15) is 0 Å². The molecule has 1 aromatic rings. The van der Waals surface area contributed by atoms with Crippen LogP contribution in [0.1, 0.15) is 51.5 Å². The molecule has 1 atom stereocenters. The van der Waals surface area contributed by atoms with Crippen LogP contribution in [-0.2, 0) is 16.1 Å². The number of benzene rings is 1. The van der Waals surface area contributed by atoms with Gasteiger partial charge in [0, 0.05) is 37.9 Å². The highest BCUT2D eigenvalue weighted by molar-refractivity contribution is 5.80. The maximum Gasteiger partial charge on any atom is 0.223 e. The van der Waals surface area contributed by atoms with Gasteiger partial charge in [0.2, 0.25) is 11.8 Å². The van der Waals surface area contributed by atoms with Crippen molar-refractivity contribution in [2.24, 2.45) is 11.8 Å². The van der Waals surface area contributed by atoms with Crippen molar-refractivity contribution in [2.75, 3.05) is 13.1 Å². The van der Waals surface area contributed by atoms with Crippen LogP contribution in [0.5, 0.6) is 0 Å². The Kier molecular flexibility index (Phi) is 7.29. The van der Waals surface area contributed by atoms with Gasteiger partial charge < -0.3 is 10.2 Å². The number of amides is 2. The fourth-order valence-electron chi connectivity index (χ4n) is 3.44. The molecule has 0 saturated carbocycles. The lowest BCUT2D eigenvalue weighted by atomic mass is 9.97. The van der Waals surface area contributed by atoms with E-state index in [1.807, 2.05) is 35.2 Å². The largest absolute Gasteiger partial charge is 0.356 e. The Balaban J connectivity index is 1.80. The number of carbonyl (C=O) groups is 2. The molecular formula is C20H30N2O2. The summed E-state index contributed by atoms with van der Waals surface area (Å²) in [7, 11) is 0. The molecule has 1 aromatic carbocycles. The van der Waals surface area contributed by atoms with Gasteiger partial charge in [-0.3, -0.25) is 9.59 Å². The molecule has 1 heterocycles. The Morgan fingerprint density at radius 2 is 1.88 bits per heavy atom. The summed E-state index contributed by atoms with van der Waals surface area (Å²) in [6.07, 6.45) is 4.50. The molecule has 132 valence electrons. The molecule has 1 saturated heterocycles. The molecule has 24 heavy (non-hydrogen) atoms. The first-order chi connectivity index (χ1) is 11.6. The number of hydrogen-bond acceptors (Lipinski definition) is 2. The van der Waals surface area contributed by atoms with Crippen LogP contribution in [-0.4, -0.2) is 29.8 Å². The van der Waals surface area contributed by atoms with Gasteiger partial charge in [0.15, 0.2) is 0 Å². The lowest BCUT2D eigenvalue weighted by molar-refractivity contribution is -0.128. The van der Waals surface area contributed by atoms with E-state index in [0.717, 1.165) is 37.8 Å². The highest BCUT2D eigenvalue weighted by Gasteiger charge is 2.30. The first-order valence-corrected chi connectivity index (χ1v) is 9.23. The van der Waals surface area contributed by atoms with E-state index in [1.165, 1.54) is 0 Å². The fraction of sp³-hybridized carbons (Fsp3) is 0.600.